The molecule has 2 aromatic rings. The smallest absolute Gasteiger partial charge is 0.240 e. The first-order valence-electron chi connectivity index (χ1n) is 6.42. The molecule has 3 rings (SSSR count). The van der Waals surface area contributed by atoms with Crippen molar-refractivity contribution < 1.29 is 4.52 Å². The molecule has 1 aliphatic rings. The fraction of sp³-hybridized carbons (Fsp3) is 0.417. The number of pyridine rings is 1. The zero-order chi connectivity index (χ0) is 13.9. The van der Waals surface area contributed by atoms with Crippen LogP contribution >= 0.6 is 11.6 Å². The lowest BCUT2D eigenvalue weighted by Crippen LogP contribution is -2.44. The van der Waals surface area contributed by atoms with Crippen LogP contribution in [0.3, 0.4) is 0 Å². The van der Waals surface area contributed by atoms with Gasteiger partial charge in [-0.1, -0.05) is 16.8 Å². The molecule has 0 spiro atoms. The van der Waals surface area contributed by atoms with Crippen molar-refractivity contribution in [3.8, 4) is 11.4 Å². The average Bonchev–Trinajstić information content (AvgIpc) is 2.97. The van der Waals surface area contributed by atoms with E-state index >= 15 is 0 Å². The van der Waals surface area contributed by atoms with Crippen LogP contribution in [-0.4, -0.2) is 41.3 Å². The standard InChI is InChI=1S/C12H15ClN6O/c13-9-5-8(11-17-10(6-14)20-18-11)7-16-12(9)19-3-1-15-2-4-19/h5,7,15H,1-4,6,14H2. The molecule has 0 atom stereocenters. The molecule has 106 valence electrons. The maximum atomic E-state index is 6.32. The van der Waals surface area contributed by atoms with Crippen LogP contribution in [0.25, 0.3) is 11.4 Å². The molecule has 1 aliphatic heterocycles. The van der Waals surface area contributed by atoms with Gasteiger partial charge in [-0.3, -0.25) is 0 Å². The van der Waals surface area contributed by atoms with E-state index in [-0.39, 0.29) is 6.54 Å². The first-order valence-corrected chi connectivity index (χ1v) is 6.80. The molecule has 20 heavy (non-hydrogen) atoms. The first kappa shape index (κ1) is 13.3. The van der Waals surface area contributed by atoms with E-state index in [0.717, 1.165) is 37.6 Å². The first-order chi connectivity index (χ1) is 9.78. The van der Waals surface area contributed by atoms with Crippen molar-refractivity contribution in [3.05, 3.63) is 23.2 Å². The van der Waals surface area contributed by atoms with Gasteiger partial charge in [-0.25, -0.2) is 4.98 Å². The molecule has 0 aromatic carbocycles. The summed E-state index contributed by atoms with van der Waals surface area (Å²) in [5, 5.41) is 7.73. The number of nitrogens with zero attached hydrogens (tertiary/aromatic N) is 4. The second-order valence-corrected chi connectivity index (χ2v) is 4.89. The van der Waals surface area contributed by atoms with Crippen molar-refractivity contribution in [2.45, 2.75) is 6.54 Å². The predicted molar refractivity (Wildman–Crippen MR) is 75.5 cm³/mol. The maximum absolute atomic E-state index is 6.32. The average molecular weight is 295 g/mol. The third kappa shape index (κ3) is 2.60. The van der Waals surface area contributed by atoms with Crippen molar-refractivity contribution in [1.82, 2.24) is 20.4 Å². The lowest BCUT2D eigenvalue weighted by molar-refractivity contribution is 0.380. The molecule has 0 unspecified atom stereocenters. The Bertz CT molecular complexity index is 595. The van der Waals surface area contributed by atoms with Gasteiger partial charge < -0.3 is 20.5 Å². The van der Waals surface area contributed by atoms with E-state index in [9.17, 15) is 0 Å². The second kappa shape index (κ2) is 5.74. The summed E-state index contributed by atoms with van der Waals surface area (Å²) in [5.74, 6) is 1.63. The van der Waals surface area contributed by atoms with E-state index in [2.05, 4.69) is 25.3 Å². The Balaban J connectivity index is 1.86. The van der Waals surface area contributed by atoms with E-state index in [4.69, 9.17) is 21.9 Å². The predicted octanol–water partition coefficient (Wildman–Crippen LogP) is 0.653. The quantitative estimate of drug-likeness (QED) is 0.858. The molecule has 8 heteroatoms. The number of halogens is 1. The van der Waals surface area contributed by atoms with Crippen molar-refractivity contribution in [1.29, 1.82) is 0 Å². The van der Waals surface area contributed by atoms with Crippen molar-refractivity contribution >= 4 is 17.4 Å². The van der Waals surface area contributed by atoms with Gasteiger partial charge in [0.05, 0.1) is 11.6 Å². The Morgan fingerprint density at radius 3 is 2.85 bits per heavy atom. The van der Waals surface area contributed by atoms with Crippen molar-refractivity contribution in [3.63, 3.8) is 0 Å². The third-order valence-electron chi connectivity index (χ3n) is 3.14. The maximum Gasteiger partial charge on any atom is 0.240 e. The van der Waals surface area contributed by atoms with Crippen molar-refractivity contribution in [2.75, 3.05) is 31.1 Å². The minimum atomic E-state index is 0.215. The largest absolute Gasteiger partial charge is 0.353 e. The zero-order valence-electron chi connectivity index (χ0n) is 10.8. The summed E-state index contributed by atoms with van der Waals surface area (Å²) in [6, 6.07) is 1.80. The Labute approximate surface area is 121 Å². The van der Waals surface area contributed by atoms with Gasteiger partial charge in [0.2, 0.25) is 11.7 Å². The van der Waals surface area contributed by atoms with E-state index in [1.54, 1.807) is 12.3 Å². The molecular formula is C12H15ClN6O. The monoisotopic (exact) mass is 294 g/mol. The fourth-order valence-corrected chi connectivity index (χ4v) is 2.40. The molecule has 3 heterocycles. The van der Waals surface area contributed by atoms with Gasteiger partial charge in [0, 0.05) is 37.9 Å². The van der Waals surface area contributed by atoms with E-state index < -0.39 is 0 Å². The van der Waals surface area contributed by atoms with Gasteiger partial charge in [-0.15, -0.1) is 0 Å². The van der Waals surface area contributed by atoms with Crippen LogP contribution in [-0.2, 0) is 6.54 Å². The van der Waals surface area contributed by atoms with E-state index in [1.807, 2.05) is 0 Å². The number of nitrogens with two attached hydrogens (primary N) is 1. The Morgan fingerprint density at radius 2 is 2.20 bits per heavy atom. The van der Waals surface area contributed by atoms with E-state index in [1.165, 1.54) is 0 Å². The highest BCUT2D eigenvalue weighted by molar-refractivity contribution is 6.33. The summed E-state index contributed by atoms with van der Waals surface area (Å²) in [5.41, 5.74) is 6.16. The fourth-order valence-electron chi connectivity index (χ4n) is 2.12. The van der Waals surface area contributed by atoms with Crippen LogP contribution in [0.15, 0.2) is 16.8 Å². The SMILES string of the molecule is NCc1nc(-c2cnc(N3CCNCC3)c(Cl)c2)no1. The summed E-state index contributed by atoms with van der Waals surface area (Å²) in [6.45, 7) is 3.87. The molecular weight excluding hydrogens is 280 g/mol. The summed E-state index contributed by atoms with van der Waals surface area (Å²) in [6.07, 6.45) is 1.70. The summed E-state index contributed by atoms with van der Waals surface area (Å²) < 4.78 is 4.98. The van der Waals surface area contributed by atoms with Gasteiger partial charge in [0.1, 0.15) is 5.82 Å². The highest BCUT2D eigenvalue weighted by atomic mass is 35.5. The number of hydrogen-bond donors (Lipinski definition) is 2. The van der Waals surface area contributed by atoms with Crippen LogP contribution in [0.5, 0.6) is 0 Å². The van der Waals surface area contributed by atoms with Crippen LogP contribution < -0.4 is 16.0 Å². The van der Waals surface area contributed by atoms with E-state index in [0.29, 0.717) is 16.7 Å². The van der Waals surface area contributed by atoms with Crippen LogP contribution in [0.2, 0.25) is 5.02 Å². The van der Waals surface area contributed by atoms with Gasteiger partial charge in [0.25, 0.3) is 0 Å². The molecule has 0 radical (unpaired) electrons. The zero-order valence-corrected chi connectivity index (χ0v) is 11.6. The molecule has 2 aromatic heterocycles. The van der Waals surface area contributed by atoms with Gasteiger partial charge >= 0.3 is 0 Å². The Kier molecular flexibility index (Phi) is 3.81. The van der Waals surface area contributed by atoms with Crippen LogP contribution in [0.1, 0.15) is 5.89 Å². The normalized spacial score (nSPS) is 15.6. The molecule has 0 saturated carbocycles. The number of hydrogen-bond acceptors (Lipinski definition) is 7. The van der Waals surface area contributed by atoms with Gasteiger partial charge in [-0.2, -0.15) is 4.98 Å². The van der Waals surface area contributed by atoms with Crippen LogP contribution in [0, 0.1) is 0 Å². The number of rotatable bonds is 3. The Morgan fingerprint density at radius 1 is 1.40 bits per heavy atom. The minimum absolute atomic E-state index is 0.215. The van der Waals surface area contributed by atoms with Gasteiger partial charge in [0.15, 0.2) is 0 Å². The summed E-state index contributed by atoms with van der Waals surface area (Å²) >= 11 is 6.32. The second-order valence-electron chi connectivity index (χ2n) is 4.48. The third-order valence-corrected chi connectivity index (χ3v) is 3.42. The van der Waals surface area contributed by atoms with Gasteiger partial charge in [-0.05, 0) is 6.07 Å². The lowest BCUT2D eigenvalue weighted by atomic mass is 10.2. The summed E-state index contributed by atoms with van der Waals surface area (Å²) in [4.78, 5) is 10.7. The molecule has 7 nitrogen and oxygen atoms in total. The van der Waals surface area contributed by atoms with Crippen LogP contribution in [0.4, 0.5) is 5.82 Å². The summed E-state index contributed by atoms with van der Waals surface area (Å²) in [7, 11) is 0. The highest BCUT2D eigenvalue weighted by Gasteiger charge is 2.16. The molecule has 0 aliphatic carbocycles. The molecule has 1 fully saturated rings. The molecule has 0 bridgehead atoms. The minimum Gasteiger partial charge on any atom is -0.353 e. The number of piperazine rings is 1. The molecule has 3 N–H and O–H groups in total. The topological polar surface area (TPSA) is 93.1 Å². The highest BCUT2D eigenvalue weighted by Crippen LogP contribution is 2.27. The number of aromatic nitrogens is 3. The van der Waals surface area contributed by atoms with Crippen molar-refractivity contribution in [2.24, 2.45) is 5.73 Å². The lowest BCUT2D eigenvalue weighted by Gasteiger charge is -2.29. The number of nitrogens with one attached hydrogen (secondary N) is 1. The number of anilines is 1. The molecule has 1 saturated heterocycles. The molecule has 0 amide bonds. The Hall–Kier alpha value is -1.70.